The van der Waals surface area contributed by atoms with Crippen LogP contribution >= 0.6 is 11.8 Å². The van der Waals surface area contributed by atoms with Gasteiger partial charge in [0.05, 0.1) is 11.2 Å². The zero-order valence-electron chi connectivity index (χ0n) is 21.9. The maximum Gasteiger partial charge on any atom is 0.357 e. The van der Waals surface area contributed by atoms with Gasteiger partial charge in [0.2, 0.25) is 18.6 Å². The number of sulfone groups is 1. The van der Waals surface area contributed by atoms with E-state index in [4.69, 9.17) is 15.2 Å². The largest absolute Gasteiger partial charge is 0.426 e. The van der Waals surface area contributed by atoms with Gasteiger partial charge in [0.25, 0.3) is 5.91 Å². The second-order valence-corrected chi connectivity index (χ2v) is 14.2. The number of amides is 3. The van der Waals surface area contributed by atoms with E-state index in [9.17, 15) is 32.4 Å². The summed E-state index contributed by atoms with van der Waals surface area (Å²) in [5, 5.41) is 1.02. The molecule has 0 spiro atoms. The quantitative estimate of drug-likeness (QED) is 0.237. The van der Waals surface area contributed by atoms with Gasteiger partial charge in [-0.25, -0.2) is 18.0 Å². The molecule has 5 atom stereocenters. The van der Waals surface area contributed by atoms with Crippen LogP contribution < -0.4 is 11.1 Å². The summed E-state index contributed by atoms with van der Waals surface area (Å²) in [4.78, 5) is 65.6. The Balaban J connectivity index is 1.19. The van der Waals surface area contributed by atoms with Gasteiger partial charge in [0.15, 0.2) is 9.84 Å². The monoisotopic (exact) mass is 592 g/mol. The standard InChI is InChI=1S/C25H28N4O9S2/c1-12-10-39-22-17(27-20(31)16(26)13-7-5-4-6-8-13)21(32)29(22)18(12)23(33)37-11-38-24(34)19-25(2,3)40(35,36)15-9-14(30)28(15)19/h4-8,15-17,19,22H,9-11,26H2,1-3H3,(H,27,31). The van der Waals surface area contributed by atoms with E-state index in [1.54, 1.807) is 37.3 Å². The van der Waals surface area contributed by atoms with Crippen LogP contribution in [0.15, 0.2) is 41.6 Å². The van der Waals surface area contributed by atoms with Gasteiger partial charge in [0, 0.05) is 5.75 Å². The number of nitrogens with zero attached hydrogens (tertiary/aromatic N) is 2. The van der Waals surface area contributed by atoms with Crippen LogP contribution in [-0.2, 0) is 43.3 Å². The Hall–Kier alpha value is -3.43. The van der Waals surface area contributed by atoms with Gasteiger partial charge >= 0.3 is 11.9 Å². The van der Waals surface area contributed by atoms with Crippen molar-refractivity contribution in [3.8, 4) is 0 Å². The molecule has 1 aromatic rings. The number of fused-ring (bicyclic) bond motifs is 2. The molecule has 5 rings (SSSR count). The third-order valence-electron chi connectivity index (χ3n) is 7.68. The van der Waals surface area contributed by atoms with E-state index in [1.807, 2.05) is 0 Å². The molecule has 4 heterocycles. The molecular weight excluding hydrogens is 564 g/mol. The Morgan fingerprint density at radius 2 is 1.85 bits per heavy atom. The number of nitrogens with one attached hydrogen (secondary N) is 1. The van der Waals surface area contributed by atoms with Crippen LogP contribution in [0.2, 0.25) is 0 Å². The van der Waals surface area contributed by atoms with E-state index in [-0.39, 0.29) is 12.1 Å². The summed E-state index contributed by atoms with van der Waals surface area (Å²) in [6.45, 7) is 3.49. The number of carbonyl (C=O) groups is 5. The lowest BCUT2D eigenvalue weighted by Gasteiger charge is -2.49. The first-order chi connectivity index (χ1) is 18.8. The molecule has 3 saturated heterocycles. The summed E-state index contributed by atoms with van der Waals surface area (Å²) in [5.74, 6) is -3.10. The summed E-state index contributed by atoms with van der Waals surface area (Å²) in [6.07, 6.45) is -0.194. The molecule has 0 bridgehead atoms. The minimum absolute atomic E-state index is 0.0237. The van der Waals surface area contributed by atoms with Gasteiger partial charge < -0.3 is 25.4 Å². The summed E-state index contributed by atoms with van der Waals surface area (Å²) < 4.78 is 34.0. The molecule has 13 nitrogen and oxygen atoms in total. The molecule has 0 saturated carbocycles. The van der Waals surface area contributed by atoms with Crippen LogP contribution in [0.4, 0.5) is 0 Å². The molecule has 4 aliphatic rings. The molecule has 214 valence electrons. The van der Waals surface area contributed by atoms with Crippen molar-refractivity contribution >= 4 is 51.3 Å². The molecule has 1 aromatic carbocycles. The summed E-state index contributed by atoms with van der Waals surface area (Å²) in [7, 11) is -3.80. The van der Waals surface area contributed by atoms with Gasteiger partial charge in [-0.3, -0.25) is 19.3 Å². The van der Waals surface area contributed by atoms with Crippen LogP contribution in [0.1, 0.15) is 38.8 Å². The van der Waals surface area contributed by atoms with Crippen LogP contribution in [0.25, 0.3) is 0 Å². The number of carbonyl (C=O) groups excluding carboxylic acids is 5. The van der Waals surface area contributed by atoms with Crippen molar-refractivity contribution in [2.24, 2.45) is 5.73 Å². The third-order valence-corrected chi connectivity index (χ3v) is 11.9. The number of hydrogen-bond acceptors (Lipinski definition) is 11. The fourth-order valence-electron chi connectivity index (χ4n) is 5.31. The molecule has 5 unspecified atom stereocenters. The summed E-state index contributed by atoms with van der Waals surface area (Å²) in [5.41, 5.74) is 7.15. The van der Waals surface area contributed by atoms with Crippen LogP contribution in [-0.4, -0.2) is 88.0 Å². The normalized spacial score (nSPS) is 28.5. The highest BCUT2D eigenvalue weighted by molar-refractivity contribution is 8.00. The first kappa shape index (κ1) is 28.1. The Morgan fingerprint density at radius 1 is 1.18 bits per heavy atom. The second-order valence-electron chi connectivity index (χ2n) is 10.4. The topological polar surface area (TPSA) is 182 Å². The minimum atomic E-state index is -3.80. The number of β-lactam (4-membered cyclic amide) rings is 2. The fourth-order valence-corrected chi connectivity index (χ4v) is 8.73. The summed E-state index contributed by atoms with van der Waals surface area (Å²) in [6, 6.07) is 5.44. The Kier molecular flexibility index (Phi) is 6.95. The molecule has 3 fully saturated rings. The average Bonchev–Trinajstić information content (AvgIpc) is 3.04. The second kappa shape index (κ2) is 9.89. The molecule has 0 aliphatic carbocycles. The number of thioether (sulfide) groups is 1. The predicted octanol–water partition coefficient (Wildman–Crippen LogP) is -0.462. The number of esters is 2. The molecular formula is C25H28N4O9S2. The van der Waals surface area contributed by atoms with Gasteiger partial charge in [-0.1, -0.05) is 30.3 Å². The molecule has 40 heavy (non-hydrogen) atoms. The van der Waals surface area contributed by atoms with Crippen molar-refractivity contribution in [3.05, 3.63) is 47.2 Å². The molecule has 3 amide bonds. The van der Waals surface area contributed by atoms with Crippen molar-refractivity contribution in [1.29, 1.82) is 0 Å². The molecule has 4 aliphatic heterocycles. The highest BCUT2D eigenvalue weighted by Crippen LogP contribution is 2.46. The highest BCUT2D eigenvalue weighted by Gasteiger charge is 2.68. The number of hydrogen-bond donors (Lipinski definition) is 2. The van der Waals surface area contributed by atoms with Crippen LogP contribution in [0.5, 0.6) is 0 Å². The van der Waals surface area contributed by atoms with E-state index < -0.39 is 79.9 Å². The number of benzene rings is 1. The van der Waals surface area contributed by atoms with Gasteiger partial charge in [-0.05, 0) is 31.9 Å². The van der Waals surface area contributed by atoms with Gasteiger partial charge in [-0.2, -0.15) is 0 Å². The van der Waals surface area contributed by atoms with Gasteiger partial charge in [-0.15, -0.1) is 11.8 Å². The maximum absolute atomic E-state index is 13.0. The number of rotatable bonds is 7. The van der Waals surface area contributed by atoms with Crippen molar-refractivity contribution < 1.29 is 41.9 Å². The molecule has 3 N–H and O–H groups in total. The third kappa shape index (κ3) is 4.18. The highest BCUT2D eigenvalue weighted by atomic mass is 32.2. The van der Waals surface area contributed by atoms with E-state index in [2.05, 4.69) is 5.32 Å². The molecule has 0 radical (unpaired) electrons. The lowest BCUT2D eigenvalue weighted by Crippen LogP contribution is -2.71. The van der Waals surface area contributed by atoms with Crippen molar-refractivity contribution in [3.63, 3.8) is 0 Å². The fraction of sp³-hybridized carbons (Fsp3) is 0.480. The van der Waals surface area contributed by atoms with Crippen LogP contribution in [0.3, 0.4) is 0 Å². The molecule has 15 heteroatoms. The van der Waals surface area contributed by atoms with Gasteiger partial charge in [0.1, 0.15) is 34.6 Å². The maximum atomic E-state index is 13.0. The smallest absolute Gasteiger partial charge is 0.357 e. The van der Waals surface area contributed by atoms with E-state index in [0.717, 1.165) is 4.90 Å². The minimum Gasteiger partial charge on any atom is -0.426 e. The lowest BCUT2D eigenvalue weighted by atomic mass is 9.98. The Morgan fingerprint density at radius 3 is 2.50 bits per heavy atom. The average molecular weight is 593 g/mol. The Labute approximate surface area is 234 Å². The number of nitrogens with two attached hydrogens (primary N) is 1. The van der Waals surface area contributed by atoms with E-state index >= 15 is 0 Å². The SMILES string of the molecule is CC1=C(C(=O)OCOC(=O)C2N3C(=O)CC3S(=O)(=O)C2(C)C)N2C(=O)C(NC(=O)C(N)c3ccccc3)C2SC1. The number of ether oxygens (including phenoxy) is 2. The zero-order valence-corrected chi connectivity index (χ0v) is 23.5. The Bertz CT molecular complexity index is 1440. The van der Waals surface area contributed by atoms with Crippen molar-refractivity contribution in [1.82, 2.24) is 15.1 Å². The van der Waals surface area contributed by atoms with E-state index in [1.165, 1.54) is 30.5 Å². The van der Waals surface area contributed by atoms with Crippen molar-refractivity contribution in [2.45, 2.75) is 60.8 Å². The van der Waals surface area contributed by atoms with E-state index in [0.29, 0.717) is 16.9 Å². The van der Waals surface area contributed by atoms with Crippen LogP contribution in [0, 0.1) is 0 Å². The lowest BCUT2D eigenvalue weighted by molar-refractivity contribution is -0.175. The summed E-state index contributed by atoms with van der Waals surface area (Å²) >= 11 is 1.36. The zero-order chi connectivity index (χ0) is 29.1. The predicted molar refractivity (Wildman–Crippen MR) is 140 cm³/mol. The first-order valence-corrected chi connectivity index (χ1v) is 15.0. The molecule has 0 aromatic heterocycles. The first-order valence-electron chi connectivity index (χ1n) is 12.4. The van der Waals surface area contributed by atoms with Crippen molar-refractivity contribution in [2.75, 3.05) is 12.5 Å².